The van der Waals surface area contributed by atoms with Crippen molar-refractivity contribution in [1.29, 1.82) is 0 Å². The number of hydrogen-bond donors (Lipinski definition) is 2. The van der Waals surface area contributed by atoms with Crippen LogP contribution in [-0.4, -0.2) is 53.2 Å². The topological polar surface area (TPSA) is 109 Å². The van der Waals surface area contributed by atoms with E-state index in [0.29, 0.717) is 35.0 Å². The lowest BCUT2D eigenvalue weighted by Gasteiger charge is -2.12. The second kappa shape index (κ2) is 8.95. The average molecular weight is 447 g/mol. The van der Waals surface area contributed by atoms with Crippen LogP contribution in [0, 0.1) is 0 Å². The number of benzene rings is 2. The molecule has 2 aromatic heterocycles. The molecule has 1 fully saturated rings. The number of nitrogen functional groups attached to an aromatic ring is 1. The number of nitrogens with zero attached hydrogens (tertiary/aromatic N) is 4. The summed E-state index contributed by atoms with van der Waals surface area (Å²) in [5.74, 6) is 2.48. The molecule has 0 amide bonds. The molecule has 0 radical (unpaired) electrons. The third-order valence-electron chi connectivity index (χ3n) is 5.76. The lowest BCUT2D eigenvalue weighted by atomic mass is 10.1. The van der Waals surface area contributed by atoms with Crippen molar-refractivity contribution in [2.24, 2.45) is 0 Å². The Bertz CT molecular complexity index is 1250. The van der Waals surface area contributed by atoms with Gasteiger partial charge < -0.3 is 25.3 Å². The molecule has 0 saturated carbocycles. The SMILES string of the molecule is COc1ccc(-c2nc(NC[C@@H]3CCCO3)nc3nn(-c4ccc(OC)cc4)c(N)c23)cc1. The number of fused-ring (bicyclic) bond motifs is 1. The molecule has 2 aromatic carbocycles. The zero-order valence-corrected chi connectivity index (χ0v) is 18.6. The molecule has 0 unspecified atom stereocenters. The fourth-order valence-electron chi connectivity index (χ4n) is 3.98. The highest BCUT2D eigenvalue weighted by molar-refractivity contribution is 5.99. The molecule has 4 aromatic rings. The van der Waals surface area contributed by atoms with Crippen LogP contribution in [0.25, 0.3) is 28.0 Å². The molecular weight excluding hydrogens is 420 g/mol. The number of methoxy groups -OCH3 is 2. The predicted octanol–water partition coefficient (Wildman–Crippen LogP) is 3.67. The first-order chi connectivity index (χ1) is 16.2. The van der Waals surface area contributed by atoms with Crippen LogP contribution in [0.3, 0.4) is 0 Å². The normalized spacial score (nSPS) is 15.6. The maximum atomic E-state index is 6.58. The fourth-order valence-corrected chi connectivity index (χ4v) is 3.98. The van der Waals surface area contributed by atoms with Crippen LogP contribution < -0.4 is 20.5 Å². The molecule has 9 heteroatoms. The summed E-state index contributed by atoms with van der Waals surface area (Å²) in [6, 6.07) is 15.2. The van der Waals surface area contributed by atoms with Gasteiger partial charge in [-0.2, -0.15) is 4.98 Å². The zero-order chi connectivity index (χ0) is 22.8. The van der Waals surface area contributed by atoms with E-state index in [0.717, 1.165) is 42.2 Å². The minimum absolute atomic E-state index is 0.163. The maximum Gasteiger partial charge on any atom is 0.225 e. The number of nitrogens with one attached hydrogen (secondary N) is 1. The molecule has 170 valence electrons. The summed E-state index contributed by atoms with van der Waals surface area (Å²) in [4.78, 5) is 9.47. The average Bonchev–Trinajstić information content (AvgIpc) is 3.50. The number of anilines is 2. The van der Waals surface area contributed by atoms with Crippen LogP contribution in [0.5, 0.6) is 11.5 Å². The first kappa shape index (κ1) is 21.0. The predicted molar refractivity (Wildman–Crippen MR) is 127 cm³/mol. The smallest absolute Gasteiger partial charge is 0.225 e. The van der Waals surface area contributed by atoms with Gasteiger partial charge >= 0.3 is 0 Å². The summed E-state index contributed by atoms with van der Waals surface area (Å²) in [5.41, 5.74) is 9.50. The molecule has 5 rings (SSSR count). The third kappa shape index (κ3) is 4.14. The molecule has 1 aliphatic rings. The summed E-state index contributed by atoms with van der Waals surface area (Å²) in [7, 11) is 3.27. The third-order valence-corrected chi connectivity index (χ3v) is 5.76. The van der Waals surface area contributed by atoms with Gasteiger partial charge in [-0.1, -0.05) is 0 Å². The summed E-state index contributed by atoms with van der Waals surface area (Å²) >= 11 is 0. The fraction of sp³-hybridized carbons (Fsp3) is 0.292. The van der Waals surface area contributed by atoms with Crippen LogP contribution in [0.1, 0.15) is 12.8 Å². The van der Waals surface area contributed by atoms with E-state index in [1.54, 1.807) is 18.9 Å². The standard InChI is InChI=1S/C24H26N6O3/c1-31-17-9-5-15(6-10-17)21-20-22(25)30(16-7-11-18(32-2)12-8-16)29-23(20)28-24(27-21)26-14-19-4-3-13-33-19/h5-12,19H,3-4,13-14,25H2,1-2H3,(H,26,28,29)/t19-/m0/s1. The summed E-state index contributed by atoms with van der Waals surface area (Å²) in [6.07, 6.45) is 2.27. The summed E-state index contributed by atoms with van der Waals surface area (Å²) in [6.45, 7) is 1.44. The van der Waals surface area contributed by atoms with E-state index >= 15 is 0 Å². The van der Waals surface area contributed by atoms with Gasteiger partial charge in [0.2, 0.25) is 5.95 Å². The molecule has 1 saturated heterocycles. The van der Waals surface area contributed by atoms with Gasteiger partial charge in [-0.3, -0.25) is 0 Å². The van der Waals surface area contributed by atoms with E-state index in [1.165, 1.54) is 0 Å². The number of hydrogen-bond acceptors (Lipinski definition) is 8. The highest BCUT2D eigenvalue weighted by Crippen LogP contribution is 2.33. The Morgan fingerprint density at radius 3 is 2.36 bits per heavy atom. The number of aromatic nitrogens is 4. The lowest BCUT2D eigenvalue weighted by molar-refractivity contribution is 0.120. The minimum atomic E-state index is 0.163. The lowest BCUT2D eigenvalue weighted by Crippen LogP contribution is -2.19. The Balaban J connectivity index is 1.60. The van der Waals surface area contributed by atoms with Gasteiger partial charge in [0.1, 0.15) is 17.3 Å². The van der Waals surface area contributed by atoms with Crippen LogP contribution in [0.2, 0.25) is 0 Å². The van der Waals surface area contributed by atoms with Crippen LogP contribution in [-0.2, 0) is 4.74 Å². The van der Waals surface area contributed by atoms with Crippen molar-refractivity contribution in [3.8, 4) is 28.4 Å². The largest absolute Gasteiger partial charge is 0.497 e. The molecule has 0 bridgehead atoms. The highest BCUT2D eigenvalue weighted by atomic mass is 16.5. The highest BCUT2D eigenvalue weighted by Gasteiger charge is 2.21. The molecule has 9 nitrogen and oxygen atoms in total. The Hall–Kier alpha value is -3.85. The number of ether oxygens (including phenoxy) is 3. The Kier molecular flexibility index (Phi) is 5.70. The van der Waals surface area contributed by atoms with Crippen molar-refractivity contribution in [3.05, 3.63) is 48.5 Å². The molecule has 0 spiro atoms. The van der Waals surface area contributed by atoms with E-state index in [9.17, 15) is 0 Å². The Labute approximate surface area is 191 Å². The second-order valence-corrected chi connectivity index (χ2v) is 7.83. The van der Waals surface area contributed by atoms with Gasteiger partial charge in [0, 0.05) is 18.7 Å². The van der Waals surface area contributed by atoms with Crippen molar-refractivity contribution < 1.29 is 14.2 Å². The first-order valence-electron chi connectivity index (χ1n) is 10.9. The zero-order valence-electron chi connectivity index (χ0n) is 18.6. The molecule has 3 N–H and O–H groups in total. The van der Waals surface area contributed by atoms with E-state index in [2.05, 4.69) is 10.3 Å². The van der Waals surface area contributed by atoms with Gasteiger partial charge in [-0.15, -0.1) is 5.10 Å². The van der Waals surface area contributed by atoms with Crippen molar-refractivity contribution in [3.63, 3.8) is 0 Å². The van der Waals surface area contributed by atoms with Gasteiger partial charge in [-0.05, 0) is 61.4 Å². The van der Waals surface area contributed by atoms with Crippen molar-refractivity contribution in [2.45, 2.75) is 18.9 Å². The number of rotatable bonds is 7. The van der Waals surface area contributed by atoms with Crippen LogP contribution in [0.4, 0.5) is 11.8 Å². The minimum Gasteiger partial charge on any atom is -0.497 e. The summed E-state index contributed by atoms with van der Waals surface area (Å²) in [5, 5.41) is 8.71. The van der Waals surface area contributed by atoms with Crippen LogP contribution >= 0.6 is 0 Å². The monoisotopic (exact) mass is 446 g/mol. The van der Waals surface area contributed by atoms with E-state index in [1.807, 2.05) is 48.5 Å². The first-order valence-corrected chi connectivity index (χ1v) is 10.9. The quantitative estimate of drug-likeness (QED) is 0.443. The molecule has 1 atom stereocenters. The van der Waals surface area contributed by atoms with Crippen molar-refractivity contribution in [2.75, 3.05) is 38.4 Å². The van der Waals surface area contributed by atoms with Crippen molar-refractivity contribution >= 4 is 22.8 Å². The van der Waals surface area contributed by atoms with E-state index in [-0.39, 0.29) is 6.10 Å². The van der Waals surface area contributed by atoms with Gasteiger partial charge in [0.25, 0.3) is 0 Å². The second-order valence-electron chi connectivity index (χ2n) is 7.83. The van der Waals surface area contributed by atoms with E-state index in [4.69, 9.17) is 30.0 Å². The Morgan fingerprint density at radius 2 is 1.73 bits per heavy atom. The molecular formula is C24H26N6O3. The molecule has 0 aliphatic carbocycles. The summed E-state index contributed by atoms with van der Waals surface area (Å²) < 4.78 is 18.0. The maximum absolute atomic E-state index is 6.58. The molecule has 33 heavy (non-hydrogen) atoms. The molecule has 3 heterocycles. The number of nitrogens with two attached hydrogens (primary N) is 1. The van der Waals surface area contributed by atoms with Crippen molar-refractivity contribution in [1.82, 2.24) is 19.7 Å². The van der Waals surface area contributed by atoms with E-state index < -0.39 is 0 Å². The van der Waals surface area contributed by atoms with Gasteiger partial charge in [0.15, 0.2) is 5.65 Å². The Morgan fingerprint density at radius 1 is 1.03 bits per heavy atom. The van der Waals surface area contributed by atoms with Crippen LogP contribution in [0.15, 0.2) is 48.5 Å². The molecule has 1 aliphatic heterocycles. The van der Waals surface area contributed by atoms with Gasteiger partial charge in [0.05, 0.1) is 37.1 Å². The van der Waals surface area contributed by atoms with Gasteiger partial charge in [-0.25, -0.2) is 9.67 Å².